The van der Waals surface area contributed by atoms with Gasteiger partial charge in [-0.3, -0.25) is 14.4 Å². The lowest BCUT2D eigenvalue weighted by Gasteiger charge is -2.27. The lowest BCUT2D eigenvalue weighted by molar-refractivity contribution is -0.138. The second kappa shape index (κ2) is 9.83. The van der Waals surface area contributed by atoms with E-state index in [1.54, 1.807) is 48.5 Å². The summed E-state index contributed by atoms with van der Waals surface area (Å²) in [4.78, 5) is 54.2. The highest BCUT2D eigenvalue weighted by Crippen LogP contribution is 2.59. The van der Waals surface area contributed by atoms with Gasteiger partial charge in [0.05, 0.1) is 11.1 Å². The summed E-state index contributed by atoms with van der Waals surface area (Å²) in [7, 11) is 0. The quantitative estimate of drug-likeness (QED) is 0.234. The van der Waals surface area contributed by atoms with Gasteiger partial charge in [-0.05, 0) is 84.3 Å². The summed E-state index contributed by atoms with van der Waals surface area (Å²) in [5, 5.41) is 3.28. The van der Waals surface area contributed by atoms with Gasteiger partial charge in [-0.15, -0.1) is 0 Å². The Labute approximate surface area is 244 Å². The molecular formula is C30H28BrFN6O3. The number of amides is 2. The van der Waals surface area contributed by atoms with Crippen molar-refractivity contribution in [3.63, 3.8) is 0 Å². The number of nitrogens with zero attached hydrogens (tertiary/aromatic N) is 5. The third kappa shape index (κ3) is 4.71. The molecule has 3 atom stereocenters. The topological polar surface area (TPSA) is 110 Å². The summed E-state index contributed by atoms with van der Waals surface area (Å²) in [6.45, 7) is 6.65. The van der Waals surface area contributed by atoms with Crippen LogP contribution in [0.15, 0.2) is 47.3 Å². The minimum absolute atomic E-state index is 0.0779. The number of piperidine rings is 1. The molecule has 1 aliphatic carbocycles. The van der Waals surface area contributed by atoms with Crippen molar-refractivity contribution < 1.29 is 18.8 Å². The van der Waals surface area contributed by atoms with E-state index in [9.17, 15) is 14.4 Å². The van der Waals surface area contributed by atoms with Crippen LogP contribution in [-0.4, -0.2) is 54.1 Å². The van der Waals surface area contributed by atoms with Crippen LogP contribution in [0.5, 0.6) is 0 Å². The van der Waals surface area contributed by atoms with E-state index in [-0.39, 0.29) is 35.4 Å². The maximum atomic E-state index is 15.8. The van der Waals surface area contributed by atoms with E-state index in [0.29, 0.717) is 33.6 Å². The van der Waals surface area contributed by atoms with Crippen LogP contribution >= 0.6 is 15.9 Å². The number of ketones is 1. The number of hydrogen-bond acceptors (Lipinski definition) is 6. The molecule has 1 N–H and O–H groups in total. The van der Waals surface area contributed by atoms with Crippen LogP contribution in [0.3, 0.4) is 0 Å². The Balaban J connectivity index is 1.32. The first-order valence-electron chi connectivity index (χ1n) is 13.3. The average molecular weight is 619 g/mol. The second-order valence-electron chi connectivity index (χ2n) is 11.2. The van der Waals surface area contributed by atoms with Crippen molar-refractivity contribution in [1.29, 1.82) is 0 Å². The monoisotopic (exact) mass is 618 g/mol. The number of carbonyl (C=O) groups is 3. The smallest absolute Gasteiger partial charge is 0.248 e. The molecule has 0 spiro atoms. The lowest BCUT2D eigenvalue weighted by Crippen LogP contribution is -2.47. The van der Waals surface area contributed by atoms with Gasteiger partial charge in [0.2, 0.25) is 17.8 Å². The molecule has 2 amide bonds. The highest BCUT2D eigenvalue weighted by molar-refractivity contribution is 9.10. The molecule has 4 aromatic rings. The first-order valence-corrected chi connectivity index (χ1v) is 14.1. The van der Waals surface area contributed by atoms with Crippen LogP contribution in [-0.2, 0) is 16.1 Å². The van der Waals surface area contributed by atoms with Crippen LogP contribution in [0.1, 0.15) is 48.4 Å². The van der Waals surface area contributed by atoms with Crippen LogP contribution in [0.25, 0.3) is 22.0 Å². The first kappa shape index (κ1) is 27.2. The predicted molar refractivity (Wildman–Crippen MR) is 155 cm³/mol. The zero-order chi connectivity index (χ0) is 29.2. The number of fused-ring (bicyclic) bond motifs is 2. The van der Waals surface area contributed by atoms with Crippen molar-refractivity contribution in [2.75, 3.05) is 5.32 Å². The fourth-order valence-corrected chi connectivity index (χ4v) is 6.25. The number of aryl methyl sites for hydroxylation is 2. The zero-order valence-electron chi connectivity index (χ0n) is 23.0. The van der Waals surface area contributed by atoms with Crippen LogP contribution < -0.4 is 5.32 Å². The summed E-state index contributed by atoms with van der Waals surface area (Å²) >= 11 is 3.33. The van der Waals surface area contributed by atoms with Gasteiger partial charge in [0, 0.05) is 29.4 Å². The average Bonchev–Trinajstić information content (AvgIpc) is 3.36. The number of carbonyl (C=O) groups excluding carboxylic acids is 3. The number of Topliss-reactive ketones (excluding diaryl/α,β-unsaturated/α-hetero) is 1. The predicted octanol–water partition coefficient (Wildman–Crippen LogP) is 5.23. The van der Waals surface area contributed by atoms with Gasteiger partial charge >= 0.3 is 0 Å². The number of anilines is 1. The first-order chi connectivity index (χ1) is 19.5. The van der Waals surface area contributed by atoms with E-state index < -0.39 is 17.8 Å². The van der Waals surface area contributed by atoms with Gasteiger partial charge in [0.15, 0.2) is 5.78 Å². The fourth-order valence-electron chi connectivity index (χ4n) is 5.94. The Morgan fingerprint density at radius 1 is 1.10 bits per heavy atom. The lowest BCUT2D eigenvalue weighted by atomic mass is 10.0. The van der Waals surface area contributed by atoms with Crippen molar-refractivity contribution in [3.05, 3.63) is 70.2 Å². The summed E-state index contributed by atoms with van der Waals surface area (Å²) < 4.78 is 17.7. The Kier molecular flexibility index (Phi) is 6.52. The molecule has 0 bridgehead atoms. The Morgan fingerprint density at radius 2 is 1.83 bits per heavy atom. The molecule has 210 valence electrons. The molecule has 6 rings (SSSR count). The third-order valence-electron chi connectivity index (χ3n) is 8.29. The number of pyridine rings is 1. The molecular weight excluding hydrogens is 591 g/mol. The maximum absolute atomic E-state index is 15.8. The number of benzene rings is 1. The van der Waals surface area contributed by atoms with Crippen LogP contribution in [0.4, 0.5) is 10.2 Å². The van der Waals surface area contributed by atoms with E-state index in [4.69, 9.17) is 0 Å². The number of hydrogen-bond donors (Lipinski definition) is 1. The molecule has 1 aliphatic heterocycles. The minimum atomic E-state index is -0.772. The molecule has 2 fully saturated rings. The molecule has 9 nitrogen and oxygen atoms in total. The van der Waals surface area contributed by atoms with E-state index >= 15 is 4.39 Å². The maximum Gasteiger partial charge on any atom is 0.248 e. The molecule has 4 heterocycles. The molecule has 1 saturated heterocycles. The molecule has 1 saturated carbocycles. The van der Waals surface area contributed by atoms with Crippen molar-refractivity contribution in [2.24, 2.45) is 5.41 Å². The van der Waals surface area contributed by atoms with Crippen LogP contribution in [0.2, 0.25) is 0 Å². The number of halogens is 2. The van der Waals surface area contributed by atoms with Crippen molar-refractivity contribution in [3.8, 4) is 11.1 Å². The molecule has 0 radical (unpaired) electrons. The highest BCUT2D eigenvalue weighted by atomic mass is 79.9. The Bertz CT molecular complexity index is 1750. The number of nitrogens with one attached hydrogen (secondary N) is 1. The van der Waals surface area contributed by atoms with E-state index in [1.165, 1.54) is 11.5 Å². The Morgan fingerprint density at radius 3 is 2.54 bits per heavy atom. The molecule has 1 unspecified atom stereocenters. The van der Waals surface area contributed by atoms with E-state index in [0.717, 1.165) is 23.1 Å². The van der Waals surface area contributed by atoms with E-state index in [2.05, 4.69) is 43.1 Å². The van der Waals surface area contributed by atoms with Gasteiger partial charge in [-0.1, -0.05) is 19.1 Å². The van der Waals surface area contributed by atoms with Gasteiger partial charge in [-0.2, -0.15) is 4.39 Å². The molecule has 11 heteroatoms. The third-order valence-corrected chi connectivity index (χ3v) is 8.73. The van der Waals surface area contributed by atoms with Crippen LogP contribution in [0, 0.1) is 25.2 Å². The summed E-state index contributed by atoms with van der Waals surface area (Å²) in [6.07, 6.45) is 4.64. The molecule has 1 aromatic carbocycles. The van der Waals surface area contributed by atoms with Gasteiger partial charge < -0.3 is 14.8 Å². The minimum Gasteiger partial charge on any atom is -0.326 e. The molecule has 2 aliphatic rings. The van der Waals surface area contributed by atoms with Gasteiger partial charge in [0.25, 0.3) is 0 Å². The standard InChI is InChI=1S/C30H28BrFN6O3/c1-15-5-8-24(31)35-28(15)36-29(41)22-10-30(4)11-23(30)38(22)25(40)14-37-21-7-6-18(19-12-33-17(3)34-13-19)9-20(21)26(16(2)39)27(37)32/h5-9,12-13,22-23H,10-11,14H2,1-4H3,(H,35,36,41)/t22-,23?,30-/m0/s1. The Hall–Kier alpha value is -3.99. The summed E-state index contributed by atoms with van der Waals surface area (Å²) in [5.74, 6) is -0.874. The fraction of sp³-hybridized carbons (Fsp3) is 0.333. The van der Waals surface area contributed by atoms with Crippen molar-refractivity contribution >= 4 is 50.2 Å². The summed E-state index contributed by atoms with van der Waals surface area (Å²) in [5.41, 5.74) is 2.43. The molecule has 41 heavy (non-hydrogen) atoms. The van der Waals surface area contributed by atoms with Gasteiger partial charge in [-0.25, -0.2) is 15.0 Å². The molecule has 3 aromatic heterocycles. The van der Waals surface area contributed by atoms with Gasteiger partial charge in [0.1, 0.15) is 28.8 Å². The largest absolute Gasteiger partial charge is 0.326 e. The summed E-state index contributed by atoms with van der Waals surface area (Å²) in [6, 6.07) is 8.02. The normalized spacial score (nSPS) is 21.2. The number of likely N-dealkylation sites (tertiary alicyclic amines) is 1. The van der Waals surface area contributed by atoms with Crippen molar-refractivity contribution in [2.45, 2.75) is 59.2 Å². The van der Waals surface area contributed by atoms with Crippen molar-refractivity contribution in [1.82, 2.24) is 24.4 Å². The SMILES string of the molecule is CC(=O)c1c(F)n(CC(=O)N2C3C[C@]3(C)C[C@H]2C(=O)Nc2nc(Br)ccc2C)c2ccc(-c3cnc(C)nc3)cc12. The van der Waals surface area contributed by atoms with E-state index in [1.807, 2.05) is 13.0 Å². The zero-order valence-corrected chi connectivity index (χ0v) is 24.6. The number of rotatable bonds is 6. The highest BCUT2D eigenvalue weighted by Gasteiger charge is 2.64. The second-order valence-corrected chi connectivity index (χ2v) is 12.1. The number of aromatic nitrogens is 4.